The number of aromatic nitrogens is 1. The van der Waals surface area contributed by atoms with Crippen molar-refractivity contribution in [1.29, 1.82) is 0 Å². The molecule has 2 nitrogen and oxygen atoms in total. The molecule has 0 radical (unpaired) electrons. The number of nitrogen functional groups attached to an aromatic ring is 1. The minimum atomic E-state index is 0.676. The largest absolute Gasteiger partial charge is 0.397 e. The molecule has 5 heteroatoms. The molecule has 2 N–H and O–H groups in total. The van der Waals surface area contributed by atoms with Gasteiger partial charge in [-0.3, -0.25) is 0 Å². The molecule has 0 spiro atoms. The van der Waals surface area contributed by atoms with E-state index in [0.717, 1.165) is 18.9 Å². The van der Waals surface area contributed by atoms with E-state index in [0.29, 0.717) is 5.69 Å². The lowest BCUT2D eigenvalue weighted by Crippen LogP contribution is -1.91. The average molecular weight is 360 g/mol. The Kier molecular flexibility index (Phi) is 3.89. The number of nitrogens with two attached hydrogens (primary N) is 1. The summed E-state index contributed by atoms with van der Waals surface area (Å²) in [6.07, 6.45) is 1.75. The minimum Gasteiger partial charge on any atom is -0.397 e. The molecule has 0 fully saturated rings. The van der Waals surface area contributed by atoms with Crippen LogP contribution in [-0.4, -0.2) is 4.98 Å². The topological polar surface area (TPSA) is 38.9 Å². The van der Waals surface area contributed by atoms with E-state index in [1.807, 2.05) is 30.3 Å². The number of halogens is 2. The fraction of sp³-hybridized carbons (Fsp3) is 0. The number of rotatable bonds is 2. The zero-order chi connectivity index (χ0) is 11.5. The Labute approximate surface area is 115 Å². The molecule has 0 atom stereocenters. The Balaban J connectivity index is 2.31. The van der Waals surface area contributed by atoms with Crippen molar-refractivity contribution in [2.75, 3.05) is 5.73 Å². The van der Waals surface area contributed by atoms with Crippen LogP contribution in [0.3, 0.4) is 0 Å². The molecular formula is C11H8Br2N2S. The minimum absolute atomic E-state index is 0.676. The van der Waals surface area contributed by atoms with Gasteiger partial charge in [0.1, 0.15) is 5.03 Å². The second-order valence-corrected chi connectivity index (χ2v) is 5.88. The van der Waals surface area contributed by atoms with Crippen molar-refractivity contribution in [3.8, 4) is 0 Å². The summed E-state index contributed by atoms with van der Waals surface area (Å²) in [5.74, 6) is 0. The zero-order valence-electron chi connectivity index (χ0n) is 8.15. The number of anilines is 1. The molecule has 0 saturated heterocycles. The number of nitrogens with zero attached hydrogens (tertiary/aromatic N) is 1. The van der Waals surface area contributed by atoms with Crippen LogP contribution in [0.15, 0.2) is 55.4 Å². The van der Waals surface area contributed by atoms with Gasteiger partial charge in [-0.15, -0.1) is 0 Å². The fourth-order valence-corrected chi connectivity index (χ4v) is 2.84. The van der Waals surface area contributed by atoms with E-state index in [1.165, 1.54) is 0 Å². The number of pyridine rings is 1. The average Bonchev–Trinajstić information content (AvgIpc) is 2.25. The molecule has 2 aromatic rings. The third-order valence-corrected chi connectivity index (χ3v) is 4.39. The van der Waals surface area contributed by atoms with E-state index < -0.39 is 0 Å². The summed E-state index contributed by atoms with van der Waals surface area (Å²) in [5.41, 5.74) is 6.57. The van der Waals surface area contributed by atoms with Crippen LogP contribution in [0.25, 0.3) is 0 Å². The van der Waals surface area contributed by atoms with Crippen LogP contribution in [-0.2, 0) is 0 Å². The summed E-state index contributed by atoms with van der Waals surface area (Å²) >= 11 is 8.37. The van der Waals surface area contributed by atoms with Gasteiger partial charge in [0.15, 0.2) is 0 Å². The van der Waals surface area contributed by atoms with E-state index in [4.69, 9.17) is 5.73 Å². The third kappa shape index (κ3) is 2.78. The lowest BCUT2D eigenvalue weighted by molar-refractivity contribution is 1.13. The van der Waals surface area contributed by atoms with Gasteiger partial charge in [-0.2, -0.15) is 0 Å². The monoisotopic (exact) mass is 358 g/mol. The van der Waals surface area contributed by atoms with Crippen molar-refractivity contribution in [3.63, 3.8) is 0 Å². The van der Waals surface area contributed by atoms with Crippen molar-refractivity contribution in [2.45, 2.75) is 9.92 Å². The Morgan fingerprint density at radius 2 is 1.94 bits per heavy atom. The van der Waals surface area contributed by atoms with Crippen LogP contribution in [0.5, 0.6) is 0 Å². The van der Waals surface area contributed by atoms with Crippen LogP contribution >= 0.6 is 43.6 Å². The van der Waals surface area contributed by atoms with Crippen LogP contribution in [0.1, 0.15) is 0 Å². The molecule has 0 aliphatic rings. The number of hydrogen-bond donors (Lipinski definition) is 1. The number of hydrogen-bond acceptors (Lipinski definition) is 3. The van der Waals surface area contributed by atoms with Gasteiger partial charge in [-0.05, 0) is 50.1 Å². The standard InChI is InChI=1S/C11H8Br2N2S/c12-7-5-9(14)11(15-6-7)16-10-4-2-1-3-8(10)13/h1-6H,14H2. The fourth-order valence-electron chi connectivity index (χ4n) is 1.16. The van der Waals surface area contributed by atoms with Gasteiger partial charge in [0.2, 0.25) is 0 Å². The van der Waals surface area contributed by atoms with Crippen molar-refractivity contribution in [2.24, 2.45) is 0 Å². The van der Waals surface area contributed by atoms with Gasteiger partial charge in [0.25, 0.3) is 0 Å². The second-order valence-electron chi connectivity index (χ2n) is 3.08. The van der Waals surface area contributed by atoms with Crippen molar-refractivity contribution >= 4 is 49.3 Å². The SMILES string of the molecule is Nc1cc(Br)cnc1Sc1ccccc1Br. The number of benzene rings is 1. The first-order valence-corrected chi connectivity index (χ1v) is 6.90. The molecule has 0 unspecified atom stereocenters. The quantitative estimate of drug-likeness (QED) is 0.866. The summed E-state index contributed by atoms with van der Waals surface area (Å²) in [7, 11) is 0. The highest BCUT2D eigenvalue weighted by atomic mass is 79.9. The van der Waals surface area contributed by atoms with E-state index in [9.17, 15) is 0 Å². The van der Waals surface area contributed by atoms with E-state index in [-0.39, 0.29) is 0 Å². The van der Waals surface area contributed by atoms with Gasteiger partial charge in [-0.1, -0.05) is 23.9 Å². The first-order chi connectivity index (χ1) is 7.66. The normalized spacial score (nSPS) is 10.4. The molecular weight excluding hydrogens is 352 g/mol. The molecule has 0 aliphatic carbocycles. The first kappa shape index (κ1) is 12.0. The highest BCUT2D eigenvalue weighted by Gasteiger charge is 2.06. The maximum Gasteiger partial charge on any atom is 0.124 e. The Bertz CT molecular complexity index is 517. The predicted molar refractivity (Wildman–Crippen MR) is 74.6 cm³/mol. The molecule has 82 valence electrons. The molecule has 0 amide bonds. The van der Waals surface area contributed by atoms with Crippen LogP contribution in [0.4, 0.5) is 5.69 Å². The highest BCUT2D eigenvalue weighted by Crippen LogP contribution is 2.35. The summed E-state index contributed by atoms with van der Waals surface area (Å²) < 4.78 is 1.94. The van der Waals surface area contributed by atoms with Gasteiger partial charge in [0, 0.05) is 20.0 Å². The maximum absolute atomic E-state index is 5.89. The van der Waals surface area contributed by atoms with E-state index in [1.54, 1.807) is 18.0 Å². The van der Waals surface area contributed by atoms with Crippen LogP contribution in [0.2, 0.25) is 0 Å². The molecule has 1 aromatic heterocycles. The lowest BCUT2D eigenvalue weighted by atomic mass is 10.4. The Morgan fingerprint density at radius 3 is 2.62 bits per heavy atom. The molecule has 16 heavy (non-hydrogen) atoms. The lowest BCUT2D eigenvalue weighted by Gasteiger charge is -2.06. The summed E-state index contributed by atoms with van der Waals surface area (Å²) in [6.45, 7) is 0. The van der Waals surface area contributed by atoms with Crippen molar-refractivity contribution < 1.29 is 0 Å². The molecule has 0 aliphatic heterocycles. The maximum atomic E-state index is 5.89. The van der Waals surface area contributed by atoms with Crippen LogP contribution < -0.4 is 5.73 Å². The summed E-state index contributed by atoms with van der Waals surface area (Å²) in [4.78, 5) is 5.39. The molecule has 2 rings (SSSR count). The van der Waals surface area contributed by atoms with Gasteiger partial charge in [0.05, 0.1) is 5.69 Å². The highest BCUT2D eigenvalue weighted by molar-refractivity contribution is 9.10. The van der Waals surface area contributed by atoms with E-state index in [2.05, 4.69) is 36.8 Å². The zero-order valence-corrected chi connectivity index (χ0v) is 12.1. The molecule has 0 saturated carbocycles. The predicted octanol–water partition coefficient (Wildman–Crippen LogP) is 4.34. The molecule has 0 bridgehead atoms. The van der Waals surface area contributed by atoms with Gasteiger partial charge < -0.3 is 5.73 Å². The van der Waals surface area contributed by atoms with E-state index >= 15 is 0 Å². The summed E-state index contributed by atoms with van der Waals surface area (Å²) in [5, 5.41) is 0.815. The van der Waals surface area contributed by atoms with Crippen molar-refractivity contribution in [1.82, 2.24) is 4.98 Å². The smallest absolute Gasteiger partial charge is 0.124 e. The van der Waals surface area contributed by atoms with Crippen LogP contribution in [0, 0.1) is 0 Å². The first-order valence-electron chi connectivity index (χ1n) is 4.50. The van der Waals surface area contributed by atoms with Crippen molar-refractivity contribution in [3.05, 3.63) is 45.5 Å². The molecule has 1 heterocycles. The van der Waals surface area contributed by atoms with Gasteiger partial charge in [-0.25, -0.2) is 4.98 Å². The Hall–Kier alpha value is -0.520. The third-order valence-electron chi connectivity index (χ3n) is 1.89. The van der Waals surface area contributed by atoms with Gasteiger partial charge >= 0.3 is 0 Å². The Morgan fingerprint density at radius 1 is 1.19 bits per heavy atom. The molecule has 1 aromatic carbocycles. The second kappa shape index (κ2) is 5.21. The summed E-state index contributed by atoms with van der Waals surface area (Å²) in [6, 6.07) is 9.84.